The van der Waals surface area contributed by atoms with E-state index in [1.54, 1.807) is 12.1 Å². The molecular weight excluding hydrogens is 382 g/mol. The lowest BCUT2D eigenvalue weighted by Crippen LogP contribution is -1.96. The van der Waals surface area contributed by atoms with Crippen LogP contribution in [-0.2, 0) is 0 Å². The van der Waals surface area contributed by atoms with Crippen LogP contribution in [0.3, 0.4) is 0 Å². The van der Waals surface area contributed by atoms with E-state index in [-0.39, 0.29) is 11.4 Å². The summed E-state index contributed by atoms with van der Waals surface area (Å²) in [6, 6.07) is 31.3. The van der Waals surface area contributed by atoms with E-state index in [1.165, 1.54) is 0 Å². The molecule has 2 heterocycles. The van der Waals surface area contributed by atoms with Crippen molar-refractivity contribution in [3.8, 4) is 35.0 Å². The summed E-state index contributed by atoms with van der Waals surface area (Å²) in [6.45, 7) is 0. The van der Waals surface area contributed by atoms with Gasteiger partial charge in [-0.15, -0.1) is 0 Å². The molecule has 0 fully saturated rings. The zero-order chi connectivity index (χ0) is 21.4. The zero-order valence-electron chi connectivity index (χ0n) is 16.2. The molecule has 0 aliphatic rings. The van der Waals surface area contributed by atoms with E-state index in [2.05, 4.69) is 33.8 Å². The molecule has 0 N–H and O–H groups in total. The van der Waals surface area contributed by atoms with Gasteiger partial charge in [0.25, 0.3) is 0 Å². The third-order valence-corrected chi connectivity index (χ3v) is 5.33. The first-order valence-corrected chi connectivity index (χ1v) is 9.59. The quantitative estimate of drug-likeness (QED) is 0.397. The molecule has 0 amide bonds. The summed E-state index contributed by atoms with van der Waals surface area (Å²) in [4.78, 5) is 4.14. The number of nitrogens with zero attached hydrogens (tertiary/aromatic N) is 5. The summed E-state index contributed by atoms with van der Waals surface area (Å²) in [6.07, 6.45) is 0. The number of nitriles is 3. The van der Waals surface area contributed by atoms with Crippen molar-refractivity contribution < 1.29 is 0 Å². The van der Waals surface area contributed by atoms with Crippen LogP contribution in [-0.4, -0.2) is 9.55 Å². The van der Waals surface area contributed by atoms with Gasteiger partial charge >= 0.3 is 0 Å². The van der Waals surface area contributed by atoms with Crippen LogP contribution in [0.15, 0.2) is 78.9 Å². The molecule has 31 heavy (non-hydrogen) atoms. The second kappa shape index (κ2) is 7.16. The lowest BCUT2D eigenvalue weighted by Gasteiger charge is -2.11. The minimum absolute atomic E-state index is 0.215. The third kappa shape index (κ3) is 2.88. The molecule has 0 saturated carbocycles. The maximum Gasteiger partial charge on any atom is 0.149 e. The van der Waals surface area contributed by atoms with Crippen molar-refractivity contribution in [2.24, 2.45) is 0 Å². The van der Waals surface area contributed by atoms with Gasteiger partial charge in [-0.3, -0.25) is 0 Å². The zero-order valence-corrected chi connectivity index (χ0v) is 16.2. The van der Waals surface area contributed by atoms with Gasteiger partial charge in [-0.1, -0.05) is 30.3 Å². The van der Waals surface area contributed by atoms with Crippen molar-refractivity contribution in [2.45, 2.75) is 0 Å². The highest BCUT2D eigenvalue weighted by Gasteiger charge is 2.14. The number of aromatic nitrogens is 2. The first kappa shape index (κ1) is 18.1. The fourth-order valence-corrected chi connectivity index (χ4v) is 3.97. The molecule has 0 saturated heterocycles. The van der Waals surface area contributed by atoms with Crippen molar-refractivity contribution in [3.05, 3.63) is 95.8 Å². The van der Waals surface area contributed by atoms with Crippen molar-refractivity contribution in [3.63, 3.8) is 0 Å². The van der Waals surface area contributed by atoms with Crippen LogP contribution in [0.2, 0.25) is 0 Å². The van der Waals surface area contributed by atoms with Crippen LogP contribution in [0.1, 0.15) is 17.0 Å². The number of hydrogen-bond donors (Lipinski definition) is 0. The van der Waals surface area contributed by atoms with Crippen LogP contribution >= 0.6 is 0 Å². The van der Waals surface area contributed by atoms with E-state index >= 15 is 0 Å². The number of rotatable bonds is 2. The summed E-state index contributed by atoms with van der Waals surface area (Å²) < 4.78 is 2.15. The summed E-state index contributed by atoms with van der Waals surface area (Å²) >= 11 is 0. The van der Waals surface area contributed by atoms with Crippen LogP contribution in [0.5, 0.6) is 0 Å². The minimum Gasteiger partial charge on any atom is -0.309 e. The normalized spacial score (nSPS) is 10.5. The van der Waals surface area contributed by atoms with E-state index in [9.17, 15) is 10.5 Å². The van der Waals surface area contributed by atoms with Gasteiger partial charge in [0.1, 0.15) is 23.5 Å². The van der Waals surface area contributed by atoms with Crippen LogP contribution in [0.4, 0.5) is 0 Å². The molecule has 0 unspecified atom stereocenters. The lowest BCUT2D eigenvalue weighted by atomic mass is 10.0. The van der Waals surface area contributed by atoms with Gasteiger partial charge in [0.15, 0.2) is 0 Å². The van der Waals surface area contributed by atoms with E-state index in [0.717, 1.165) is 33.1 Å². The van der Waals surface area contributed by atoms with E-state index < -0.39 is 0 Å². The van der Waals surface area contributed by atoms with E-state index in [0.29, 0.717) is 11.1 Å². The van der Waals surface area contributed by atoms with Crippen molar-refractivity contribution in [1.29, 1.82) is 15.8 Å². The third-order valence-electron chi connectivity index (χ3n) is 5.33. The van der Waals surface area contributed by atoms with E-state index in [4.69, 9.17) is 5.26 Å². The number of fused-ring (bicyclic) bond motifs is 3. The molecule has 2 aromatic heterocycles. The van der Waals surface area contributed by atoms with Gasteiger partial charge in [0, 0.05) is 22.0 Å². The summed E-state index contributed by atoms with van der Waals surface area (Å²) in [5, 5.41) is 30.0. The Morgan fingerprint density at radius 2 is 1.52 bits per heavy atom. The predicted molar refractivity (Wildman–Crippen MR) is 118 cm³/mol. The molecule has 5 aromatic rings. The summed E-state index contributed by atoms with van der Waals surface area (Å²) in [5.74, 6) is 0. The van der Waals surface area contributed by atoms with Gasteiger partial charge in [-0.05, 0) is 54.1 Å². The van der Waals surface area contributed by atoms with Crippen LogP contribution < -0.4 is 0 Å². The molecule has 0 radical (unpaired) electrons. The fraction of sp³-hybridized carbons (Fsp3) is 0. The topological polar surface area (TPSA) is 89.2 Å². The van der Waals surface area contributed by atoms with Gasteiger partial charge in [0.05, 0.1) is 22.7 Å². The van der Waals surface area contributed by atoms with Crippen LogP contribution in [0, 0.1) is 34.0 Å². The Balaban J connectivity index is 1.77. The Morgan fingerprint density at radius 1 is 0.677 bits per heavy atom. The molecule has 0 aliphatic heterocycles. The molecule has 5 rings (SSSR count). The predicted octanol–water partition coefficient (Wildman–Crippen LogP) is 5.46. The standard InChI is InChI=1S/C26H13N5/c27-14-17-8-11-26-23(12-17)22-6-1-2-7-25(22)31(26)20-5-3-4-18(13-20)21-10-9-19(15-28)30-24(21)16-29/h1-13H. The smallest absolute Gasteiger partial charge is 0.149 e. The molecule has 0 spiro atoms. The van der Waals surface area contributed by atoms with Gasteiger partial charge in [-0.25, -0.2) is 4.98 Å². The lowest BCUT2D eigenvalue weighted by molar-refractivity contribution is 1.18. The van der Waals surface area contributed by atoms with Crippen molar-refractivity contribution in [2.75, 3.05) is 0 Å². The van der Waals surface area contributed by atoms with Crippen molar-refractivity contribution >= 4 is 21.8 Å². The summed E-state index contributed by atoms with van der Waals surface area (Å²) in [7, 11) is 0. The minimum atomic E-state index is 0.215. The largest absolute Gasteiger partial charge is 0.309 e. The Labute approximate surface area is 178 Å². The number of hydrogen-bond acceptors (Lipinski definition) is 4. The first-order chi connectivity index (χ1) is 15.2. The monoisotopic (exact) mass is 395 g/mol. The van der Waals surface area contributed by atoms with E-state index in [1.807, 2.05) is 60.7 Å². The second-order valence-corrected chi connectivity index (χ2v) is 7.06. The number of para-hydroxylation sites is 1. The first-order valence-electron chi connectivity index (χ1n) is 9.59. The van der Waals surface area contributed by atoms with Gasteiger partial charge in [0.2, 0.25) is 0 Å². The van der Waals surface area contributed by atoms with Crippen LogP contribution in [0.25, 0.3) is 38.6 Å². The maximum atomic E-state index is 9.53. The molecule has 5 nitrogen and oxygen atoms in total. The van der Waals surface area contributed by atoms with Gasteiger partial charge < -0.3 is 4.57 Å². The molecule has 5 heteroatoms. The van der Waals surface area contributed by atoms with Gasteiger partial charge in [-0.2, -0.15) is 15.8 Å². The van der Waals surface area contributed by atoms with Crippen molar-refractivity contribution in [1.82, 2.24) is 9.55 Å². The Hall–Kier alpha value is -4.92. The highest BCUT2D eigenvalue weighted by molar-refractivity contribution is 6.09. The number of benzene rings is 3. The highest BCUT2D eigenvalue weighted by Crippen LogP contribution is 2.34. The average molecular weight is 395 g/mol. The summed E-state index contributed by atoms with van der Waals surface area (Å²) in [5.41, 5.74) is 5.53. The molecule has 3 aromatic carbocycles. The Morgan fingerprint density at radius 3 is 2.32 bits per heavy atom. The Bertz CT molecular complexity index is 1620. The SMILES string of the molecule is N#Cc1ccc2c(c1)c1ccccc1n2-c1cccc(-c2ccc(C#N)nc2C#N)c1. The molecule has 0 aliphatic carbocycles. The molecular formula is C26H13N5. The fourth-order valence-electron chi connectivity index (χ4n) is 3.97. The number of pyridine rings is 1. The average Bonchev–Trinajstić information content (AvgIpc) is 3.17. The Kier molecular flexibility index (Phi) is 4.19. The highest BCUT2D eigenvalue weighted by atomic mass is 15.0. The molecule has 0 atom stereocenters. The second-order valence-electron chi connectivity index (χ2n) is 7.06. The molecule has 142 valence electrons. The molecule has 0 bridgehead atoms. The maximum absolute atomic E-state index is 9.53.